The number of aliphatic hydroxyl groups excluding tert-OH is 1. The van der Waals surface area contributed by atoms with Crippen molar-refractivity contribution in [3.05, 3.63) is 35.9 Å². The lowest BCUT2D eigenvalue weighted by atomic mass is 9.83. The third kappa shape index (κ3) is 2.93. The number of aliphatic hydroxyl groups is 1. The standard InChI is InChI=1S/C16H25NO/c1-3-16(4-2,12-18)11-17-15-10-14(15)13-8-6-5-7-9-13/h5-9,14-15,17-18H,3-4,10-12H2,1-2H3. The average molecular weight is 247 g/mol. The van der Waals surface area contributed by atoms with Crippen molar-refractivity contribution in [2.45, 2.75) is 45.1 Å². The zero-order chi connectivity index (χ0) is 13.0. The van der Waals surface area contributed by atoms with Crippen molar-refractivity contribution >= 4 is 0 Å². The van der Waals surface area contributed by atoms with E-state index in [-0.39, 0.29) is 12.0 Å². The lowest BCUT2D eigenvalue weighted by Gasteiger charge is -2.29. The maximum absolute atomic E-state index is 9.55. The summed E-state index contributed by atoms with van der Waals surface area (Å²) >= 11 is 0. The topological polar surface area (TPSA) is 32.3 Å². The molecule has 18 heavy (non-hydrogen) atoms. The molecule has 1 aromatic rings. The minimum Gasteiger partial charge on any atom is -0.396 e. The molecule has 0 bridgehead atoms. The molecule has 1 saturated carbocycles. The fourth-order valence-corrected chi connectivity index (χ4v) is 2.62. The predicted molar refractivity (Wildman–Crippen MR) is 75.7 cm³/mol. The maximum atomic E-state index is 9.55. The molecule has 0 aromatic heterocycles. The van der Waals surface area contributed by atoms with Gasteiger partial charge in [-0.05, 0) is 24.8 Å². The molecule has 2 nitrogen and oxygen atoms in total. The van der Waals surface area contributed by atoms with Crippen LogP contribution in [0.25, 0.3) is 0 Å². The molecule has 0 radical (unpaired) electrons. The Hall–Kier alpha value is -0.860. The van der Waals surface area contributed by atoms with E-state index in [1.807, 2.05) is 0 Å². The summed E-state index contributed by atoms with van der Waals surface area (Å²) in [6, 6.07) is 11.3. The second kappa shape index (κ2) is 5.85. The van der Waals surface area contributed by atoms with Gasteiger partial charge in [0.15, 0.2) is 0 Å². The summed E-state index contributed by atoms with van der Waals surface area (Å²) in [6.45, 7) is 5.56. The molecule has 1 aromatic carbocycles. The quantitative estimate of drug-likeness (QED) is 0.776. The fourth-order valence-electron chi connectivity index (χ4n) is 2.62. The zero-order valence-corrected chi connectivity index (χ0v) is 11.5. The predicted octanol–water partition coefficient (Wildman–Crippen LogP) is 2.93. The van der Waals surface area contributed by atoms with Crippen LogP contribution in [0.3, 0.4) is 0 Å². The van der Waals surface area contributed by atoms with Crippen LogP contribution in [0.5, 0.6) is 0 Å². The molecular formula is C16H25NO. The van der Waals surface area contributed by atoms with E-state index in [0.29, 0.717) is 12.0 Å². The second-order valence-electron chi connectivity index (χ2n) is 5.61. The molecule has 0 saturated heterocycles. The summed E-state index contributed by atoms with van der Waals surface area (Å²) in [6.07, 6.45) is 3.31. The van der Waals surface area contributed by atoms with E-state index in [9.17, 15) is 5.11 Å². The number of hydrogen-bond donors (Lipinski definition) is 2. The zero-order valence-electron chi connectivity index (χ0n) is 11.5. The van der Waals surface area contributed by atoms with Crippen LogP contribution in [0, 0.1) is 5.41 Å². The van der Waals surface area contributed by atoms with Gasteiger partial charge in [0.2, 0.25) is 0 Å². The molecule has 0 aliphatic heterocycles. The largest absolute Gasteiger partial charge is 0.396 e. The van der Waals surface area contributed by atoms with Gasteiger partial charge in [0, 0.05) is 30.5 Å². The van der Waals surface area contributed by atoms with Crippen LogP contribution >= 0.6 is 0 Å². The highest BCUT2D eigenvalue weighted by molar-refractivity contribution is 5.27. The summed E-state index contributed by atoms with van der Waals surface area (Å²) in [5.41, 5.74) is 1.52. The van der Waals surface area contributed by atoms with Crippen molar-refractivity contribution in [1.82, 2.24) is 5.32 Å². The SMILES string of the molecule is CCC(CC)(CO)CNC1CC1c1ccccc1. The molecule has 2 rings (SSSR count). The van der Waals surface area contributed by atoms with E-state index in [0.717, 1.165) is 19.4 Å². The maximum Gasteiger partial charge on any atom is 0.0499 e. The molecule has 2 N–H and O–H groups in total. The van der Waals surface area contributed by atoms with Gasteiger partial charge in [-0.3, -0.25) is 0 Å². The van der Waals surface area contributed by atoms with Gasteiger partial charge < -0.3 is 10.4 Å². The van der Waals surface area contributed by atoms with Gasteiger partial charge in [-0.15, -0.1) is 0 Å². The Morgan fingerprint density at radius 2 is 1.89 bits per heavy atom. The van der Waals surface area contributed by atoms with Crippen LogP contribution in [0.4, 0.5) is 0 Å². The third-order valence-electron chi connectivity index (χ3n) is 4.59. The summed E-state index contributed by atoms with van der Waals surface area (Å²) in [4.78, 5) is 0. The van der Waals surface area contributed by atoms with Crippen molar-refractivity contribution in [3.63, 3.8) is 0 Å². The summed E-state index contributed by atoms with van der Waals surface area (Å²) in [5.74, 6) is 0.677. The third-order valence-corrected chi connectivity index (χ3v) is 4.59. The van der Waals surface area contributed by atoms with Crippen LogP contribution in [-0.4, -0.2) is 24.3 Å². The molecule has 1 aliphatic carbocycles. The van der Waals surface area contributed by atoms with Crippen molar-refractivity contribution < 1.29 is 5.11 Å². The first-order valence-electron chi connectivity index (χ1n) is 7.14. The van der Waals surface area contributed by atoms with Gasteiger partial charge in [0.05, 0.1) is 0 Å². The van der Waals surface area contributed by atoms with Gasteiger partial charge in [-0.1, -0.05) is 44.2 Å². The van der Waals surface area contributed by atoms with E-state index in [4.69, 9.17) is 0 Å². The molecule has 0 heterocycles. The van der Waals surface area contributed by atoms with E-state index in [1.165, 1.54) is 12.0 Å². The number of nitrogens with one attached hydrogen (secondary N) is 1. The Kier molecular flexibility index (Phi) is 4.41. The number of hydrogen-bond acceptors (Lipinski definition) is 2. The molecule has 0 amide bonds. The van der Waals surface area contributed by atoms with Gasteiger partial charge in [0.25, 0.3) is 0 Å². The van der Waals surface area contributed by atoms with E-state index < -0.39 is 0 Å². The number of benzene rings is 1. The highest BCUT2D eigenvalue weighted by Gasteiger charge is 2.39. The first-order chi connectivity index (χ1) is 8.74. The second-order valence-corrected chi connectivity index (χ2v) is 5.61. The lowest BCUT2D eigenvalue weighted by molar-refractivity contribution is 0.113. The molecule has 1 aliphatic rings. The Balaban J connectivity index is 1.83. The van der Waals surface area contributed by atoms with Gasteiger partial charge in [-0.2, -0.15) is 0 Å². The van der Waals surface area contributed by atoms with E-state index in [2.05, 4.69) is 49.5 Å². The molecule has 0 spiro atoms. The summed E-state index contributed by atoms with van der Waals surface area (Å²) in [5, 5.41) is 13.2. The van der Waals surface area contributed by atoms with Crippen molar-refractivity contribution in [2.75, 3.05) is 13.2 Å². The highest BCUT2D eigenvalue weighted by Crippen LogP contribution is 2.41. The van der Waals surface area contributed by atoms with Crippen molar-refractivity contribution in [2.24, 2.45) is 5.41 Å². The lowest BCUT2D eigenvalue weighted by Crippen LogP contribution is -2.37. The summed E-state index contributed by atoms with van der Waals surface area (Å²) < 4.78 is 0. The Bertz CT molecular complexity index is 350. The smallest absolute Gasteiger partial charge is 0.0499 e. The molecule has 100 valence electrons. The Morgan fingerprint density at radius 3 is 2.44 bits per heavy atom. The highest BCUT2D eigenvalue weighted by atomic mass is 16.3. The summed E-state index contributed by atoms with van der Waals surface area (Å²) in [7, 11) is 0. The number of rotatable bonds is 7. The molecule has 2 atom stereocenters. The van der Waals surface area contributed by atoms with Crippen LogP contribution in [0.2, 0.25) is 0 Å². The Labute approximate surface area is 110 Å². The molecule has 1 fully saturated rings. The monoisotopic (exact) mass is 247 g/mol. The molecular weight excluding hydrogens is 222 g/mol. The minimum atomic E-state index is 0.0732. The van der Waals surface area contributed by atoms with Crippen LogP contribution in [-0.2, 0) is 0 Å². The normalized spacial score (nSPS) is 23.1. The molecule has 2 unspecified atom stereocenters. The van der Waals surface area contributed by atoms with E-state index in [1.54, 1.807) is 0 Å². The van der Waals surface area contributed by atoms with Crippen molar-refractivity contribution in [1.29, 1.82) is 0 Å². The molecule has 2 heteroatoms. The fraction of sp³-hybridized carbons (Fsp3) is 0.625. The van der Waals surface area contributed by atoms with E-state index >= 15 is 0 Å². The minimum absolute atomic E-state index is 0.0732. The van der Waals surface area contributed by atoms with Crippen LogP contribution < -0.4 is 5.32 Å². The van der Waals surface area contributed by atoms with Gasteiger partial charge in [-0.25, -0.2) is 0 Å². The van der Waals surface area contributed by atoms with Crippen LogP contribution in [0.15, 0.2) is 30.3 Å². The first-order valence-corrected chi connectivity index (χ1v) is 7.14. The van der Waals surface area contributed by atoms with Crippen molar-refractivity contribution in [3.8, 4) is 0 Å². The van der Waals surface area contributed by atoms with Gasteiger partial charge in [0.1, 0.15) is 0 Å². The first kappa shape index (κ1) is 13.6. The average Bonchev–Trinajstić information content (AvgIpc) is 3.22. The Morgan fingerprint density at radius 1 is 1.22 bits per heavy atom. The van der Waals surface area contributed by atoms with Crippen LogP contribution in [0.1, 0.15) is 44.6 Å². The van der Waals surface area contributed by atoms with Gasteiger partial charge >= 0.3 is 0 Å².